The van der Waals surface area contributed by atoms with Gasteiger partial charge in [-0.15, -0.1) is 0 Å². The van der Waals surface area contributed by atoms with Gasteiger partial charge in [-0.1, -0.05) is 0 Å². The van der Waals surface area contributed by atoms with Gasteiger partial charge < -0.3 is 5.73 Å². The number of nitrogen functional groups attached to an aromatic ring is 1. The molecule has 0 fully saturated rings. The Labute approximate surface area is 108 Å². The highest BCUT2D eigenvalue weighted by atomic mass is 16.1. The fraction of sp³-hybridized carbons (Fsp3) is 0.167. The molecule has 0 saturated carbocycles. The van der Waals surface area contributed by atoms with Gasteiger partial charge in [0.2, 0.25) is 0 Å². The number of fused-ring (bicyclic) bond motifs is 1. The van der Waals surface area contributed by atoms with Crippen molar-refractivity contribution in [1.29, 1.82) is 0 Å². The molecule has 0 atom stereocenters. The standard InChI is InChI=1S/C12H12N6O/c1-17-11-10(5-16-17)12(19)18(7-15-11)6-9-4-8(13)2-3-14-9/h2-5,7H,6H2,1H3,(H2,13,14). The molecular formula is C12H12N6O. The summed E-state index contributed by atoms with van der Waals surface area (Å²) in [5, 5.41) is 4.52. The Balaban J connectivity index is 2.06. The molecule has 0 unspecified atom stereocenters. The second-order valence-corrected chi connectivity index (χ2v) is 4.26. The minimum Gasteiger partial charge on any atom is -0.399 e. The van der Waals surface area contributed by atoms with Gasteiger partial charge in [-0.05, 0) is 12.1 Å². The molecule has 19 heavy (non-hydrogen) atoms. The summed E-state index contributed by atoms with van der Waals surface area (Å²) in [4.78, 5) is 20.6. The zero-order valence-electron chi connectivity index (χ0n) is 10.3. The summed E-state index contributed by atoms with van der Waals surface area (Å²) in [7, 11) is 1.75. The van der Waals surface area contributed by atoms with Crippen molar-refractivity contribution in [2.45, 2.75) is 6.54 Å². The summed E-state index contributed by atoms with van der Waals surface area (Å²) >= 11 is 0. The van der Waals surface area contributed by atoms with Gasteiger partial charge in [0.15, 0.2) is 5.65 Å². The summed E-state index contributed by atoms with van der Waals surface area (Å²) < 4.78 is 3.06. The zero-order valence-corrected chi connectivity index (χ0v) is 10.3. The summed E-state index contributed by atoms with van der Waals surface area (Å²) in [6.45, 7) is 0.335. The molecule has 3 aromatic rings. The molecule has 7 heteroatoms. The average molecular weight is 256 g/mol. The number of aryl methyl sites for hydroxylation is 1. The Hall–Kier alpha value is -2.70. The molecule has 2 N–H and O–H groups in total. The van der Waals surface area contributed by atoms with E-state index in [1.165, 1.54) is 17.1 Å². The third kappa shape index (κ3) is 1.95. The Bertz CT molecular complexity index is 803. The molecule has 3 rings (SSSR count). The van der Waals surface area contributed by atoms with Crippen LogP contribution in [0.25, 0.3) is 11.0 Å². The number of anilines is 1. The molecule has 0 aromatic carbocycles. The maximum Gasteiger partial charge on any atom is 0.264 e. The third-order valence-corrected chi connectivity index (χ3v) is 2.89. The number of aromatic nitrogens is 5. The van der Waals surface area contributed by atoms with Crippen LogP contribution in [0.15, 0.2) is 35.6 Å². The van der Waals surface area contributed by atoms with Crippen LogP contribution in [0.3, 0.4) is 0 Å². The maximum atomic E-state index is 12.2. The van der Waals surface area contributed by atoms with Crippen LogP contribution in [-0.4, -0.2) is 24.3 Å². The van der Waals surface area contributed by atoms with E-state index in [9.17, 15) is 4.79 Å². The quantitative estimate of drug-likeness (QED) is 0.705. The molecule has 0 aliphatic carbocycles. The van der Waals surface area contributed by atoms with Gasteiger partial charge in [0.25, 0.3) is 5.56 Å². The van der Waals surface area contributed by atoms with Crippen LogP contribution in [0.2, 0.25) is 0 Å². The van der Waals surface area contributed by atoms with Crippen molar-refractivity contribution in [2.75, 3.05) is 5.73 Å². The average Bonchev–Trinajstić information content (AvgIpc) is 2.76. The lowest BCUT2D eigenvalue weighted by molar-refractivity contribution is 0.723. The van der Waals surface area contributed by atoms with Gasteiger partial charge in [-0.3, -0.25) is 19.0 Å². The summed E-state index contributed by atoms with van der Waals surface area (Å²) in [5.41, 5.74) is 7.46. The maximum absolute atomic E-state index is 12.2. The fourth-order valence-corrected chi connectivity index (χ4v) is 1.94. The number of rotatable bonds is 2. The van der Waals surface area contributed by atoms with E-state index in [2.05, 4.69) is 15.1 Å². The highest BCUT2D eigenvalue weighted by Crippen LogP contribution is 2.06. The molecule has 3 heterocycles. The minimum absolute atomic E-state index is 0.137. The molecule has 0 radical (unpaired) electrons. The van der Waals surface area contributed by atoms with Crippen LogP contribution in [0.4, 0.5) is 5.69 Å². The van der Waals surface area contributed by atoms with Gasteiger partial charge in [0, 0.05) is 18.9 Å². The van der Waals surface area contributed by atoms with E-state index in [1.54, 1.807) is 30.1 Å². The van der Waals surface area contributed by atoms with Crippen LogP contribution < -0.4 is 11.3 Å². The normalized spacial score (nSPS) is 11.0. The fourth-order valence-electron chi connectivity index (χ4n) is 1.94. The minimum atomic E-state index is -0.137. The molecule has 96 valence electrons. The first-order valence-electron chi connectivity index (χ1n) is 5.73. The SMILES string of the molecule is Cn1ncc2c(=O)n(Cc3cc(N)ccn3)cnc21. The van der Waals surface area contributed by atoms with Gasteiger partial charge >= 0.3 is 0 Å². The summed E-state index contributed by atoms with van der Waals surface area (Å²) in [6, 6.07) is 3.44. The molecule has 0 saturated heterocycles. The van der Waals surface area contributed by atoms with Gasteiger partial charge in [-0.25, -0.2) is 4.98 Å². The zero-order chi connectivity index (χ0) is 13.4. The first-order valence-corrected chi connectivity index (χ1v) is 5.73. The van der Waals surface area contributed by atoms with Gasteiger partial charge in [0.05, 0.1) is 18.4 Å². The van der Waals surface area contributed by atoms with E-state index < -0.39 is 0 Å². The number of hydrogen-bond donors (Lipinski definition) is 1. The highest BCUT2D eigenvalue weighted by molar-refractivity contribution is 5.72. The second kappa shape index (κ2) is 4.20. The van der Waals surface area contributed by atoms with E-state index in [4.69, 9.17) is 5.73 Å². The van der Waals surface area contributed by atoms with Crippen molar-refractivity contribution < 1.29 is 0 Å². The molecule has 0 spiro atoms. The second-order valence-electron chi connectivity index (χ2n) is 4.26. The topological polar surface area (TPSA) is 91.6 Å². The number of nitrogens with two attached hydrogens (primary N) is 1. The number of pyridine rings is 1. The van der Waals surface area contributed by atoms with E-state index >= 15 is 0 Å². The lowest BCUT2D eigenvalue weighted by Crippen LogP contribution is -2.21. The van der Waals surface area contributed by atoms with Gasteiger partial charge in [0.1, 0.15) is 11.7 Å². The van der Waals surface area contributed by atoms with E-state index in [0.29, 0.717) is 29.0 Å². The molecule has 0 aliphatic rings. The van der Waals surface area contributed by atoms with E-state index in [0.717, 1.165) is 0 Å². The summed E-state index contributed by atoms with van der Waals surface area (Å²) in [5.74, 6) is 0. The monoisotopic (exact) mass is 256 g/mol. The van der Waals surface area contributed by atoms with Crippen molar-refractivity contribution in [3.63, 3.8) is 0 Å². The molecule has 7 nitrogen and oxygen atoms in total. The van der Waals surface area contributed by atoms with Crippen molar-refractivity contribution in [3.05, 3.63) is 46.9 Å². The van der Waals surface area contributed by atoms with Crippen LogP contribution in [0.1, 0.15) is 5.69 Å². The smallest absolute Gasteiger partial charge is 0.264 e. The number of nitrogens with zero attached hydrogens (tertiary/aromatic N) is 5. The first-order chi connectivity index (χ1) is 9.15. The van der Waals surface area contributed by atoms with Crippen LogP contribution in [-0.2, 0) is 13.6 Å². The third-order valence-electron chi connectivity index (χ3n) is 2.89. The van der Waals surface area contributed by atoms with E-state index in [1.807, 2.05) is 0 Å². The van der Waals surface area contributed by atoms with Crippen molar-refractivity contribution in [1.82, 2.24) is 24.3 Å². The van der Waals surface area contributed by atoms with Crippen LogP contribution >= 0.6 is 0 Å². The molecule has 0 aliphatic heterocycles. The van der Waals surface area contributed by atoms with Crippen molar-refractivity contribution in [2.24, 2.45) is 7.05 Å². The van der Waals surface area contributed by atoms with Crippen molar-refractivity contribution >= 4 is 16.7 Å². The molecule has 0 bridgehead atoms. The van der Waals surface area contributed by atoms with Crippen LogP contribution in [0, 0.1) is 0 Å². The summed E-state index contributed by atoms with van der Waals surface area (Å²) in [6.07, 6.45) is 4.64. The Morgan fingerprint density at radius 2 is 2.21 bits per heavy atom. The van der Waals surface area contributed by atoms with Crippen molar-refractivity contribution in [3.8, 4) is 0 Å². The first kappa shape index (κ1) is 11.4. The molecule has 0 amide bonds. The van der Waals surface area contributed by atoms with Crippen LogP contribution in [0.5, 0.6) is 0 Å². The largest absolute Gasteiger partial charge is 0.399 e. The van der Waals surface area contributed by atoms with E-state index in [-0.39, 0.29) is 5.56 Å². The lowest BCUT2D eigenvalue weighted by atomic mass is 10.3. The molecule has 3 aromatic heterocycles. The lowest BCUT2D eigenvalue weighted by Gasteiger charge is -2.05. The molecular weight excluding hydrogens is 244 g/mol. The number of hydrogen-bond acceptors (Lipinski definition) is 5. The van der Waals surface area contributed by atoms with Gasteiger partial charge in [-0.2, -0.15) is 5.10 Å². The Kier molecular flexibility index (Phi) is 2.52. The predicted molar refractivity (Wildman–Crippen MR) is 70.5 cm³/mol. The predicted octanol–water partition coefficient (Wildman–Crippen LogP) is 0.155. The Morgan fingerprint density at radius 3 is 3.00 bits per heavy atom. The Morgan fingerprint density at radius 1 is 1.37 bits per heavy atom. The highest BCUT2D eigenvalue weighted by Gasteiger charge is 2.08.